The van der Waals surface area contributed by atoms with Crippen molar-refractivity contribution in [2.24, 2.45) is 0 Å². The molecule has 104 valence electrons. The zero-order chi connectivity index (χ0) is 14.5. The Balaban J connectivity index is 1.76. The number of rotatable bonds is 4. The lowest BCUT2D eigenvalue weighted by molar-refractivity contribution is 0.284. The minimum absolute atomic E-state index is 0.0542. The molecule has 0 radical (unpaired) electrons. The van der Waals surface area contributed by atoms with Crippen molar-refractivity contribution in [1.82, 2.24) is 9.97 Å². The molecule has 0 aliphatic rings. The van der Waals surface area contributed by atoms with E-state index < -0.39 is 5.95 Å². The molecule has 0 spiro atoms. The summed E-state index contributed by atoms with van der Waals surface area (Å²) in [5.74, 6) is -0.251. The molecule has 1 heterocycles. The fourth-order valence-electron chi connectivity index (χ4n) is 1.91. The highest BCUT2D eigenvalue weighted by Crippen LogP contribution is 2.20. The summed E-state index contributed by atoms with van der Waals surface area (Å²) in [5, 5.41) is 0. The number of halogens is 1. The summed E-state index contributed by atoms with van der Waals surface area (Å²) >= 11 is 0. The van der Waals surface area contributed by atoms with Gasteiger partial charge in [-0.3, -0.25) is 0 Å². The minimum Gasteiger partial charge on any atom is -0.483 e. The number of benzene rings is 2. The number of hydrogen-bond donors (Lipinski definition) is 0. The summed E-state index contributed by atoms with van der Waals surface area (Å²) in [4.78, 5) is 8.00. The molecule has 0 saturated heterocycles. The Bertz CT molecular complexity index is 717. The lowest BCUT2D eigenvalue weighted by atomic mass is 10.2. The molecule has 4 heteroatoms. The maximum absolute atomic E-state index is 14.0. The van der Waals surface area contributed by atoms with Crippen molar-refractivity contribution in [2.45, 2.75) is 6.61 Å². The normalized spacial score (nSPS) is 10.3. The second-order valence-corrected chi connectivity index (χ2v) is 4.49. The van der Waals surface area contributed by atoms with Crippen LogP contribution in [-0.4, -0.2) is 9.97 Å². The highest BCUT2D eigenvalue weighted by Gasteiger charge is 2.09. The molecule has 0 fully saturated rings. The molecule has 2 aromatic carbocycles. The van der Waals surface area contributed by atoms with Crippen molar-refractivity contribution in [1.29, 1.82) is 0 Å². The Morgan fingerprint density at radius 3 is 2.24 bits per heavy atom. The van der Waals surface area contributed by atoms with Gasteiger partial charge in [0.2, 0.25) is 0 Å². The second kappa shape index (κ2) is 6.13. The average Bonchev–Trinajstić information content (AvgIpc) is 2.55. The van der Waals surface area contributed by atoms with E-state index in [0.717, 1.165) is 11.1 Å². The van der Waals surface area contributed by atoms with Gasteiger partial charge in [0.1, 0.15) is 6.61 Å². The molecule has 0 atom stereocenters. The summed E-state index contributed by atoms with van der Waals surface area (Å²) in [6.45, 7) is 0.284. The van der Waals surface area contributed by atoms with Gasteiger partial charge in [-0.1, -0.05) is 60.7 Å². The van der Waals surface area contributed by atoms with Crippen molar-refractivity contribution in [2.75, 3.05) is 0 Å². The van der Waals surface area contributed by atoms with Gasteiger partial charge in [0.15, 0.2) is 11.6 Å². The standard InChI is InChI=1S/C17H13FN2O/c18-16-15(21-12-13-7-3-1-4-8-13)11-19-17(20-16)14-9-5-2-6-10-14/h1-11H,12H2. The molecule has 1 aromatic heterocycles. The SMILES string of the molecule is Fc1nc(-c2ccccc2)ncc1OCc1ccccc1. The Labute approximate surface area is 122 Å². The molecule has 0 aliphatic heterocycles. The van der Waals surface area contributed by atoms with E-state index in [1.807, 2.05) is 60.7 Å². The highest BCUT2D eigenvalue weighted by atomic mass is 19.1. The first-order valence-electron chi connectivity index (χ1n) is 6.57. The van der Waals surface area contributed by atoms with Crippen molar-refractivity contribution >= 4 is 0 Å². The van der Waals surface area contributed by atoms with Crippen molar-refractivity contribution in [3.05, 3.63) is 78.4 Å². The second-order valence-electron chi connectivity index (χ2n) is 4.49. The van der Waals surface area contributed by atoms with Crippen LogP contribution in [0, 0.1) is 5.95 Å². The number of nitrogens with zero attached hydrogens (tertiary/aromatic N) is 2. The molecule has 0 amide bonds. The first kappa shape index (κ1) is 13.2. The van der Waals surface area contributed by atoms with Crippen molar-refractivity contribution in [3.63, 3.8) is 0 Å². The fourth-order valence-corrected chi connectivity index (χ4v) is 1.91. The Hall–Kier alpha value is -2.75. The van der Waals surface area contributed by atoms with E-state index in [9.17, 15) is 4.39 Å². The maximum atomic E-state index is 14.0. The third-order valence-electron chi connectivity index (χ3n) is 2.98. The molecule has 3 rings (SSSR count). The predicted molar refractivity (Wildman–Crippen MR) is 78.2 cm³/mol. The summed E-state index contributed by atoms with van der Waals surface area (Å²) < 4.78 is 19.4. The lowest BCUT2D eigenvalue weighted by Crippen LogP contribution is -2.01. The molecule has 3 nitrogen and oxygen atoms in total. The third kappa shape index (κ3) is 3.23. The summed E-state index contributed by atoms with van der Waals surface area (Å²) in [6.07, 6.45) is 1.37. The first-order valence-corrected chi connectivity index (χ1v) is 6.57. The van der Waals surface area contributed by atoms with Crippen LogP contribution in [0.5, 0.6) is 5.75 Å². The van der Waals surface area contributed by atoms with Crippen LogP contribution in [0.3, 0.4) is 0 Å². The van der Waals surface area contributed by atoms with Crippen molar-refractivity contribution in [3.8, 4) is 17.1 Å². The zero-order valence-corrected chi connectivity index (χ0v) is 11.2. The van der Waals surface area contributed by atoms with Gasteiger partial charge in [-0.15, -0.1) is 0 Å². The largest absolute Gasteiger partial charge is 0.483 e. The van der Waals surface area contributed by atoms with Crippen LogP contribution >= 0.6 is 0 Å². The van der Waals surface area contributed by atoms with Crippen LogP contribution in [0.4, 0.5) is 4.39 Å². The Morgan fingerprint density at radius 1 is 0.905 bits per heavy atom. The first-order chi connectivity index (χ1) is 10.3. The fraction of sp³-hybridized carbons (Fsp3) is 0.0588. The Morgan fingerprint density at radius 2 is 1.57 bits per heavy atom. The van der Waals surface area contributed by atoms with Gasteiger partial charge in [0.05, 0.1) is 6.20 Å². The number of aromatic nitrogens is 2. The maximum Gasteiger partial charge on any atom is 0.258 e. The van der Waals surface area contributed by atoms with Crippen LogP contribution in [0.25, 0.3) is 11.4 Å². The van der Waals surface area contributed by atoms with Crippen LogP contribution in [0.1, 0.15) is 5.56 Å². The molecule has 0 bridgehead atoms. The topological polar surface area (TPSA) is 35.0 Å². The van der Waals surface area contributed by atoms with E-state index in [0.29, 0.717) is 5.82 Å². The van der Waals surface area contributed by atoms with Crippen LogP contribution in [0.2, 0.25) is 0 Å². The van der Waals surface area contributed by atoms with E-state index in [1.165, 1.54) is 6.20 Å². The van der Waals surface area contributed by atoms with Gasteiger partial charge >= 0.3 is 0 Å². The molecule has 0 unspecified atom stereocenters. The smallest absolute Gasteiger partial charge is 0.258 e. The molecule has 0 saturated carbocycles. The minimum atomic E-state index is -0.653. The van der Waals surface area contributed by atoms with Gasteiger partial charge in [-0.25, -0.2) is 4.98 Å². The molecule has 0 N–H and O–H groups in total. The third-order valence-corrected chi connectivity index (χ3v) is 2.98. The number of hydrogen-bond acceptors (Lipinski definition) is 3. The average molecular weight is 280 g/mol. The molecular formula is C17H13FN2O. The Kier molecular flexibility index (Phi) is 3.87. The molecular weight excluding hydrogens is 267 g/mol. The van der Waals surface area contributed by atoms with Crippen molar-refractivity contribution < 1.29 is 9.13 Å². The van der Waals surface area contributed by atoms with Gasteiger partial charge in [-0.05, 0) is 5.56 Å². The van der Waals surface area contributed by atoms with Gasteiger partial charge in [0.25, 0.3) is 5.95 Å². The van der Waals surface area contributed by atoms with Crippen LogP contribution < -0.4 is 4.74 Å². The van der Waals surface area contributed by atoms with E-state index in [4.69, 9.17) is 4.74 Å². The lowest BCUT2D eigenvalue weighted by Gasteiger charge is -2.07. The predicted octanol–water partition coefficient (Wildman–Crippen LogP) is 3.86. The van der Waals surface area contributed by atoms with Crippen LogP contribution in [-0.2, 0) is 6.61 Å². The summed E-state index contributed by atoms with van der Waals surface area (Å²) in [5.41, 5.74) is 1.73. The summed E-state index contributed by atoms with van der Waals surface area (Å²) in [6, 6.07) is 18.8. The van der Waals surface area contributed by atoms with E-state index in [-0.39, 0.29) is 12.4 Å². The monoisotopic (exact) mass is 280 g/mol. The van der Waals surface area contributed by atoms with E-state index >= 15 is 0 Å². The molecule has 0 aliphatic carbocycles. The quantitative estimate of drug-likeness (QED) is 0.681. The number of ether oxygens (including phenoxy) is 1. The van der Waals surface area contributed by atoms with Crippen LogP contribution in [0.15, 0.2) is 66.9 Å². The van der Waals surface area contributed by atoms with E-state index in [1.54, 1.807) is 0 Å². The van der Waals surface area contributed by atoms with Gasteiger partial charge in [-0.2, -0.15) is 9.37 Å². The van der Waals surface area contributed by atoms with Gasteiger partial charge in [0, 0.05) is 5.56 Å². The highest BCUT2D eigenvalue weighted by molar-refractivity contribution is 5.54. The van der Waals surface area contributed by atoms with E-state index in [2.05, 4.69) is 9.97 Å². The van der Waals surface area contributed by atoms with Gasteiger partial charge < -0.3 is 4.74 Å². The summed E-state index contributed by atoms with van der Waals surface area (Å²) in [7, 11) is 0. The molecule has 21 heavy (non-hydrogen) atoms. The molecule has 3 aromatic rings. The zero-order valence-electron chi connectivity index (χ0n) is 11.2.